The van der Waals surface area contributed by atoms with Gasteiger partial charge in [-0.3, -0.25) is 14.9 Å². The van der Waals surface area contributed by atoms with Crippen LogP contribution in [-0.2, 0) is 4.79 Å². The molecule has 6 nitrogen and oxygen atoms in total. The van der Waals surface area contributed by atoms with Crippen molar-refractivity contribution in [2.75, 3.05) is 5.75 Å². The lowest BCUT2D eigenvalue weighted by Gasteiger charge is -1.96. The number of hydrogen-bond donors (Lipinski definition) is 1. The molecule has 2 N–H and O–H groups in total. The summed E-state index contributed by atoms with van der Waals surface area (Å²) in [4.78, 5) is 23.9. The minimum absolute atomic E-state index is 0.0755. The molecule has 74 valence electrons. The zero-order chi connectivity index (χ0) is 10.6. The van der Waals surface area contributed by atoms with E-state index in [9.17, 15) is 14.9 Å². The van der Waals surface area contributed by atoms with Crippen LogP contribution in [0.25, 0.3) is 0 Å². The summed E-state index contributed by atoms with van der Waals surface area (Å²) in [6.45, 7) is 0. The van der Waals surface area contributed by atoms with Gasteiger partial charge in [-0.15, -0.1) is 0 Å². The Balaban J connectivity index is 2.64. The molecule has 0 saturated heterocycles. The van der Waals surface area contributed by atoms with E-state index in [1.165, 1.54) is 12.1 Å². The Kier molecular flexibility index (Phi) is 3.41. The van der Waals surface area contributed by atoms with Crippen LogP contribution < -0.4 is 5.73 Å². The molecule has 0 fully saturated rings. The monoisotopic (exact) mass is 213 g/mol. The first-order chi connectivity index (χ1) is 6.59. The van der Waals surface area contributed by atoms with Crippen LogP contribution in [0.15, 0.2) is 23.4 Å². The minimum Gasteiger partial charge on any atom is -0.369 e. The van der Waals surface area contributed by atoms with Gasteiger partial charge in [0.15, 0.2) is 0 Å². The summed E-state index contributed by atoms with van der Waals surface area (Å²) >= 11 is 1.14. The third-order valence-electron chi connectivity index (χ3n) is 1.29. The predicted molar refractivity (Wildman–Crippen MR) is 50.8 cm³/mol. The first-order valence-electron chi connectivity index (χ1n) is 3.61. The van der Waals surface area contributed by atoms with E-state index in [0.29, 0.717) is 5.03 Å². The fourth-order valence-electron chi connectivity index (χ4n) is 0.711. The van der Waals surface area contributed by atoms with Crippen molar-refractivity contribution in [1.29, 1.82) is 0 Å². The third kappa shape index (κ3) is 3.02. The average Bonchev–Trinajstić information content (AvgIpc) is 2.15. The summed E-state index contributed by atoms with van der Waals surface area (Å²) < 4.78 is 0. The molecule has 0 bridgehead atoms. The van der Waals surface area contributed by atoms with Crippen LogP contribution in [0.2, 0.25) is 0 Å². The van der Waals surface area contributed by atoms with Gasteiger partial charge in [-0.05, 0) is 6.07 Å². The lowest BCUT2D eigenvalue weighted by Crippen LogP contribution is -2.13. The normalized spacial score (nSPS) is 9.71. The van der Waals surface area contributed by atoms with Crippen molar-refractivity contribution in [2.45, 2.75) is 5.03 Å². The van der Waals surface area contributed by atoms with E-state index in [4.69, 9.17) is 5.73 Å². The van der Waals surface area contributed by atoms with Crippen LogP contribution in [0.1, 0.15) is 0 Å². The summed E-state index contributed by atoms with van der Waals surface area (Å²) in [5, 5.41) is 10.8. The zero-order valence-corrected chi connectivity index (χ0v) is 7.86. The van der Waals surface area contributed by atoms with Crippen molar-refractivity contribution in [3.05, 3.63) is 28.4 Å². The number of nitrogens with two attached hydrogens (primary N) is 1. The summed E-state index contributed by atoms with van der Waals surface area (Å²) in [5.41, 5.74) is 4.85. The van der Waals surface area contributed by atoms with E-state index in [1.807, 2.05) is 0 Å². The number of hydrogen-bond acceptors (Lipinski definition) is 5. The smallest absolute Gasteiger partial charge is 0.287 e. The fourth-order valence-corrected chi connectivity index (χ4v) is 1.29. The second-order valence-electron chi connectivity index (χ2n) is 2.37. The van der Waals surface area contributed by atoms with Gasteiger partial charge in [-0.2, -0.15) is 0 Å². The van der Waals surface area contributed by atoms with E-state index in [2.05, 4.69) is 4.98 Å². The van der Waals surface area contributed by atoms with Gasteiger partial charge in [-0.1, -0.05) is 11.8 Å². The molecule has 7 heteroatoms. The summed E-state index contributed by atoms with van der Waals surface area (Å²) in [6.07, 6.45) is 1.14. The molecule has 0 aliphatic heterocycles. The van der Waals surface area contributed by atoms with Crippen LogP contribution in [0.4, 0.5) is 5.69 Å². The predicted octanol–water partition coefficient (Wildman–Crippen LogP) is 0.567. The number of nitrogens with zero attached hydrogens (tertiary/aromatic N) is 2. The summed E-state index contributed by atoms with van der Waals surface area (Å²) in [5.74, 6) is -0.333. The molecule has 0 aromatic carbocycles. The van der Waals surface area contributed by atoms with Crippen molar-refractivity contribution < 1.29 is 9.72 Å². The lowest BCUT2D eigenvalue weighted by atomic mass is 10.4. The maximum atomic E-state index is 10.4. The Morgan fingerprint density at radius 3 is 2.79 bits per heavy atom. The highest BCUT2D eigenvalue weighted by Crippen LogP contribution is 2.17. The lowest BCUT2D eigenvalue weighted by molar-refractivity contribution is -0.385. The highest BCUT2D eigenvalue weighted by atomic mass is 32.2. The molecule has 0 atom stereocenters. The van der Waals surface area contributed by atoms with Gasteiger partial charge >= 0.3 is 0 Å². The fraction of sp³-hybridized carbons (Fsp3) is 0.143. The molecule has 0 aliphatic rings. The molecule has 1 aromatic rings. The molecule has 1 amide bonds. The number of amides is 1. The molecule has 0 saturated carbocycles. The van der Waals surface area contributed by atoms with Gasteiger partial charge in [0.05, 0.1) is 15.7 Å². The second kappa shape index (κ2) is 4.56. The van der Waals surface area contributed by atoms with Crippen molar-refractivity contribution in [1.82, 2.24) is 4.98 Å². The standard InChI is InChI=1S/C7H7N3O3S/c8-6(11)4-14-7-2-1-5(3-9-7)10(12)13/h1-3H,4H2,(H2,8,11). The van der Waals surface area contributed by atoms with Gasteiger partial charge in [0, 0.05) is 6.07 Å². The molecule has 1 rings (SSSR count). The molecular weight excluding hydrogens is 206 g/mol. The van der Waals surface area contributed by atoms with Crippen LogP contribution in [0, 0.1) is 10.1 Å². The molecule has 0 aliphatic carbocycles. The van der Waals surface area contributed by atoms with Crippen molar-refractivity contribution in [3.8, 4) is 0 Å². The summed E-state index contributed by atoms with van der Waals surface area (Å²) in [7, 11) is 0. The Hall–Kier alpha value is -1.63. The van der Waals surface area contributed by atoms with Gasteiger partial charge < -0.3 is 5.73 Å². The Morgan fingerprint density at radius 1 is 1.64 bits per heavy atom. The highest BCUT2D eigenvalue weighted by Gasteiger charge is 2.05. The number of nitro groups is 1. The number of carbonyl (C=O) groups excluding carboxylic acids is 1. The van der Waals surface area contributed by atoms with E-state index >= 15 is 0 Å². The molecule has 14 heavy (non-hydrogen) atoms. The Bertz CT molecular complexity index is 352. The zero-order valence-electron chi connectivity index (χ0n) is 7.04. The van der Waals surface area contributed by atoms with E-state index in [-0.39, 0.29) is 11.4 Å². The van der Waals surface area contributed by atoms with Gasteiger partial charge in [0.25, 0.3) is 5.69 Å². The number of pyridine rings is 1. The van der Waals surface area contributed by atoms with Crippen molar-refractivity contribution >= 4 is 23.4 Å². The van der Waals surface area contributed by atoms with Crippen LogP contribution >= 0.6 is 11.8 Å². The molecule has 1 heterocycles. The van der Waals surface area contributed by atoms with Crippen LogP contribution in [-0.4, -0.2) is 21.6 Å². The first kappa shape index (κ1) is 10.5. The number of aromatic nitrogens is 1. The quantitative estimate of drug-likeness (QED) is 0.447. The molecule has 1 aromatic heterocycles. The minimum atomic E-state index is -0.532. The average molecular weight is 213 g/mol. The maximum Gasteiger partial charge on any atom is 0.287 e. The second-order valence-corrected chi connectivity index (χ2v) is 3.36. The summed E-state index contributed by atoms with van der Waals surface area (Å²) in [6, 6.07) is 2.81. The van der Waals surface area contributed by atoms with Gasteiger partial charge in [-0.25, -0.2) is 4.98 Å². The molecule has 0 radical (unpaired) electrons. The molecular formula is C7H7N3O3S. The number of thioether (sulfide) groups is 1. The van der Waals surface area contributed by atoms with Crippen molar-refractivity contribution in [3.63, 3.8) is 0 Å². The third-order valence-corrected chi connectivity index (χ3v) is 2.26. The van der Waals surface area contributed by atoms with Crippen LogP contribution in [0.5, 0.6) is 0 Å². The molecule has 0 unspecified atom stereocenters. The Labute approximate surface area is 83.7 Å². The van der Waals surface area contributed by atoms with Gasteiger partial charge in [0.1, 0.15) is 6.20 Å². The number of primary amides is 1. The van der Waals surface area contributed by atoms with Crippen molar-refractivity contribution in [2.24, 2.45) is 5.73 Å². The van der Waals surface area contributed by atoms with Gasteiger partial charge in [0.2, 0.25) is 5.91 Å². The SMILES string of the molecule is NC(=O)CSc1ccc([N+](=O)[O-])cn1. The first-order valence-corrected chi connectivity index (χ1v) is 4.59. The van der Waals surface area contributed by atoms with E-state index < -0.39 is 10.8 Å². The van der Waals surface area contributed by atoms with E-state index in [1.54, 1.807) is 0 Å². The topological polar surface area (TPSA) is 99.1 Å². The number of rotatable bonds is 4. The maximum absolute atomic E-state index is 10.4. The number of carbonyl (C=O) groups is 1. The highest BCUT2D eigenvalue weighted by molar-refractivity contribution is 7.99. The van der Waals surface area contributed by atoms with E-state index in [0.717, 1.165) is 18.0 Å². The molecule has 0 spiro atoms. The Morgan fingerprint density at radius 2 is 2.36 bits per heavy atom. The van der Waals surface area contributed by atoms with Crippen LogP contribution in [0.3, 0.4) is 0 Å². The largest absolute Gasteiger partial charge is 0.369 e.